The molecule has 1 aliphatic heterocycles. The molecule has 0 aromatic heterocycles. The van der Waals surface area contributed by atoms with Crippen LogP contribution in [0.15, 0.2) is 24.3 Å². The third-order valence-electron chi connectivity index (χ3n) is 4.16. The molecule has 0 spiro atoms. The molecule has 1 aliphatic rings. The highest BCUT2D eigenvalue weighted by Crippen LogP contribution is 2.30. The van der Waals surface area contributed by atoms with Crippen molar-refractivity contribution in [2.45, 2.75) is 33.2 Å². The summed E-state index contributed by atoms with van der Waals surface area (Å²) < 4.78 is 0. The highest BCUT2D eigenvalue weighted by atomic mass is 35.5. The molecule has 0 radical (unpaired) electrons. The molecule has 1 heterocycles. The van der Waals surface area contributed by atoms with E-state index in [1.165, 1.54) is 0 Å². The first-order valence-electron chi connectivity index (χ1n) is 8.00. The minimum Gasteiger partial charge on any atom is -0.338 e. The van der Waals surface area contributed by atoms with Crippen LogP contribution in [0.25, 0.3) is 0 Å². The van der Waals surface area contributed by atoms with E-state index in [2.05, 4.69) is 17.6 Å². The Bertz CT molecular complexity index is 594. The van der Waals surface area contributed by atoms with Crippen molar-refractivity contribution < 1.29 is 9.59 Å². The lowest BCUT2D eigenvalue weighted by molar-refractivity contribution is 0.0778. The highest BCUT2D eigenvalue weighted by Gasteiger charge is 2.35. The molecule has 0 saturated carbocycles. The molecule has 6 nitrogen and oxygen atoms in total. The topological polar surface area (TPSA) is 87.5 Å². The molecule has 0 aliphatic carbocycles. The van der Waals surface area contributed by atoms with Gasteiger partial charge in [-0.1, -0.05) is 19.1 Å². The third kappa shape index (κ3) is 4.85. The van der Waals surface area contributed by atoms with Crippen LogP contribution >= 0.6 is 12.4 Å². The normalized spacial score (nSPS) is 19.8. The second kappa shape index (κ2) is 8.35. The van der Waals surface area contributed by atoms with Crippen LogP contribution in [0.3, 0.4) is 0 Å². The van der Waals surface area contributed by atoms with Crippen LogP contribution in [-0.4, -0.2) is 42.5 Å². The Balaban J connectivity index is 0.00000288. The van der Waals surface area contributed by atoms with Crippen LogP contribution < -0.4 is 16.4 Å². The van der Waals surface area contributed by atoms with Crippen molar-refractivity contribution in [2.24, 2.45) is 11.1 Å². The lowest BCUT2D eigenvalue weighted by Gasteiger charge is -2.23. The van der Waals surface area contributed by atoms with E-state index < -0.39 is 0 Å². The summed E-state index contributed by atoms with van der Waals surface area (Å²) in [6, 6.07) is 6.80. The van der Waals surface area contributed by atoms with Gasteiger partial charge in [0.15, 0.2) is 0 Å². The molecule has 7 heteroatoms. The van der Waals surface area contributed by atoms with Gasteiger partial charge in [-0.05, 0) is 44.4 Å². The van der Waals surface area contributed by atoms with E-state index in [9.17, 15) is 9.59 Å². The van der Waals surface area contributed by atoms with Crippen molar-refractivity contribution in [3.63, 3.8) is 0 Å². The first-order valence-corrected chi connectivity index (χ1v) is 8.00. The van der Waals surface area contributed by atoms with E-state index in [0.717, 1.165) is 6.42 Å². The number of likely N-dealkylation sites (tertiary alicyclic amines) is 1. The molecule has 1 fully saturated rings. The minimum absolute atomic E-state index is 0. The summed E-state index contributed by atoms with van der Waals surface area (Å²) in [5.41, 5.74) is 6.82. The number of urea groups is 1. The van der Waals surface area contributed by atoms with Gasteiger partial charge in [-0.15, -0.1) is 12.4 Å². The van der Waals surface area contributed by atoms with Gasteiger partial charge >= 0.3 is 6.03 Å². The zero-order valence-corrected chi connectivity index (χ0v) is 15.3. The van der Waals surface area contributed by atoms with Crippen molar-refractivity contribution in [1.82, 2.24) is 10.2 Å². The number of para-hydroxylation sites is 1. The maximum atomic E-state index is 12.8. The minimum atomic E-state index is -0.312. The largest absolute Gasteiger partial charge is 0.338 e. The average molecular weight is 355 g/mol. The number of rotatable bonds is 4. The van der Waals surface area contributed by atoms with Crippen molar-refractivity contribution in [2.75, 3.05) is 25.0 Å². The summed E-state index contributed by atoms with van der Waals surface area (Å²) in [4.78, 5) is 26.5. The number of amides is 3. The van der Waals surface area contributed by atoms with Crippen molar-refractivity contribution in [3.8, 4) is 0 Å². The fourth-order valence-electron chi connectivity index (χ4n) is 2.73. The standard InChI is InChI=1S/C17H26N4O2.ClH/c1-12(2)19-16(23)20-14-7-5-4-6-13(14)15(22)21-9-8-17(3,10-18)11-21;/h4-7,12H,8-11,18H2,1-3H3,(H2,19,20,23);1H. The number of nitrogens with two attached hydrogens (primary N) is 1. The quantitative estimate of drug-likeness (QED) is 0.776. The lowest BCUT2D eigenvalue weighted by Crippen LogP contribution is -2.36. The van der Waals surface area contributed by atoms with Crippen molar-refractivity contribution in [3.05, 3.63) is 29.8 Å². The monoisotopic (exact) mass is 354 g/mol. The molecule has 1 aromatic rings. The molecule has 134 valence electrons. The summed E-state index contributed by atoms with van der Waals surface area (Å²) >= 11 is 0. The molecular weight excluding hydrogens is 328 g/mol. The summed E-state index contributed by atoms with van der Waals surface area (Å²) in [6.45, 7) is 7.77. The van der Waals surface area contributed by atoms with Crippen LogP contribution in [0.2, 0.25) is 0 Å². The zero-order valence-electron chi connectivity index (χ0n) is 14.5. The second-order valence-electron chi connectivity index (χ2n) is 6.79. The van der Waals surface area contributed by atoms with Crippen LogP contribution in [0.1, 0.15) is 37.6 Å². The predicted molar refractivity (Wildman–Crippen MR) is 98.7 cm³/mol. The lowest BCUT2D eigenvalue weighted by atomic mass is 9.90. The van der Waals surface area contributed by atoms with Gasteiger partial charge in [0.05, 0.1) is 11.3 Å². The molecule has 2 rings (SSSR count). The Kier molecular flexibility index (Phi) is 7.05. The molecule has 1 atom stereocenters. The molecule has 1 aromatic carbocycles. The predicted octanol–water partition coefficient (Wildman–Crippen LogP) is 2.45. The highest BCUT2D eigenvalue weighted by molar-refractivity contribution is 6.03. The van der Waals surface area contributed by atoms with Crippen LogP contribution in [0.4, 0.5) is 10.5 Å². The van der Waals surface area contributed by atoms with E-state index in [4.69, 9.17) is 5.73 Å². The second-order valence-corrected chi connectivity index (χ2v) is 6.79. The van der Waals surface area contributed by atoms with E-state index in [-0.39, 0.29) is 35.8 Å². The number of benzene rings is 1. The van der Waals surface area contributed by atoms with Crippen LogP contribution in [0.5, 0.6) is 0 Å². The summed E-state index contributed by atoms with van der Waals surface area (Å²) in [5.74, 6) is -0.0670. The molecule has 1 saturated heterocycles. The van der Waals surface area contributed by atoms with E-state index in [1.54, 1.807) is 24.3 Å². The number of nitrogens with one attached hydrogen (secondary N) is 2. The van der Waals surface area contributed by atoms with Gasteiger partial charge in [-0.2, -0.15) is 0 Å². The van der Waals surface area contributed by atoms with Crippen LogP contribution in [-0.2, 0) is 0 Å². The zero-order chi connectivity index (χ0) is 17.0. The molecule has 3 amide bonds. The molecular formula is C17H27ClN4O2. The summed E-state index contributed by atoms with van der Waals surface area (Å²) in [5, 5.41) is 5.52. The molecule has 0 bridgehead atoms. The molecule has 1 unspecified atom stereocenters. The maximum absolute atomic E-state index is 12.8. The van der Waals surface area contributed by atoms with Gasteiger partial charge in [0.25, 0.3) is 5.91 Å². The Morgan fingerprint density at radius 3 is 2.58 bits per heavy atom. The van der Waals surface area contributed by atoms with Gasteiger partial charge in [0.2, 0.25) is 0 Å². The van der Waals surface area contributed by atoms with Gasteiger partial charge in [0, 0.05) is 19.1 Å². The fourth-order valence-corrected chi connectivity index (χ4v) is 2.73. The van der Waals surface area contributed by atoms with E-state index in [1.807, 2.05) is 18.7 Å². The maximum Gasteiger partial charge on any atom is 0.319 e. The van der Waals surface area contributed by atoms with Gasteiger partial charge in [-0.25, -0.2) is 4.79 Å². The summed E-state index contributed by atoms with van der Waals surface area (Å²) in [6.07, 6.45) is 0.901. The number of hydrogen-bond acceptors (Lipinski definition) is 3. The number of nitrogens with zero attached hydrogens (tertiary/aromatic N) is 1. The number of carbonyl (C=O) groups excluding carboxylic acids is 2. The Morgan fingerprint density at radius 1 is 1.33 bits per heavy atom. The molecule has 4 N–H and O–H groups in total. The third-order valence-corrected chi connectivity index (χ3v) is 4.16. The van der Waals surface area contributed by atoms with Crippen LogP contribution in [0, 0.1) is 5.41 Å². The SMILES string of the molecule is CC(C)NC(=O)Nc1ccccc1C(=O)N1CCC(C)(CN)C1.Cl. The number of halogens is 1. The number of hydrogen-bond donors (Lipinski definition) is 3. The number of carbonyl (C=O) groups is 2. The van der Waals surface area contributed by atoms with E-state index >= 15 is 0 Å². The Morgan fingerprint density at radius 2 is 2.00 bits per heavy atom. The Hall–Kier alpha value is -1.79. The average Bonchev–Trinajstić information content (AvgIpc) is 2.89. The first-order chi connectivity index (χ1) is 10.8. The van der Waals surface area contributed by atoms with E-state index in [0.29, 0.717) is 30.9 Å². The number of anilines is 1. The molecule has 24 heavy (non-hydrogen) atoms. The van der Waals surface area contributed by atoms with Gasteiger partial charge in [0.1, 0.15) is 0 Å². The fraction of sp³-hybridized carbons (Fsp3) is 0.529. The van der Waals surface area contributed by atoms with Gasteiger partial charge in [-0.3, -0.25) is 4.79 Å². The first kappa shape index (κ1) is 20.3. The van der Waals surface area contributed by atoms with Crippen molar-refractivity contribution in [1.29, 1.82) is 0 Å². The van der Waals surface area contributed by atoms with Gasteiger partial charge < -0.3 is 21.3 Å². The van der Waals surface area contributed by atoms with Crippen molar-refractivity contribution >= 4 is 30.0 Å². The smallest absolute Gasteiger partial charge is 0.319 e. The summed E-state index contributed by atoms with van der Waals surface area (Å²) in [7, 11) is 0. The Labute approximate surface area is 149 Å².